The Morgan fingerprint density at radius 1 is 1.04 bits per heavy atom. The quantitative estimate of drug-likeness (QED) is 0.686. The molecule has 28 heavy (non-hydrogen) atoms. The van der Waals surface area contributed by atoms with Crippen molar-refractivity contribution in [1.82, 2.24) is 19.9 Å². The number of hydrogen-bond donors (Lipinski definition) is 2. The number of para-hydroxylation sites is 1. The van der Waals surface area contributed by atoms with Gasteiger partial charge in [0, 0.05) is 5.69 Å². The molecule has 0 aliphatic heterocycles. The summed E-state index contributed by atoms with van der Waals surface area (Å²) in [6.07, 6.45) is 5.83. The molecule has 2 heterocycles. The first kappa shape index (κ1) is 18.4. The molecule has 3 N–H and O–H groups in total. The molecule has 1 aliphatic rings. The highest BCUT2D eigenvalue weighted by atomic mass is 16.5. The number of anilines is 2. The molecule has 3 aromatic rings. The zero-order valence-corrected chi connectivity index (χ0v) is 16.4. The fraction of sp³-hybridized carbons (Fsp3) is 0.429. The highest BCUT2D eigenvalue weighted by Crippen LogP contribution is 2.29. The van der Waals surface area contributed by atoms with Gasteiger partial charge in [-0.25, -0.2) is 9.97 Å². The summed E-state index contributed by atoms with van der Waals surface area (Å²) in [5.74, 6) is 0.602. The number of hydrogen-bond acceptors (Lipinski definition) is 7. The first-order chi connectivity index (χ1) is 13.6. The summed E-state index contributed by atoms with van der Waals surface area (Å²) in [7, 11) is 0. The Kier molecular flexibility index (Phi) is 5.23. The molecule has 0 spiro atoms. The van der Waals surface area contributed by atoms with Crippen molar-refractivity contribution in [3.05, 3.63) is 41.7 Å². The van der Waals surface area contributed by atoms with E-state index in [1.165, 1.54) is 19.3 Å². The molecule has 1 atom stereocenters. The molecule has 0 amide bonds. The molecule has 7 heteroatoms. The first-order valence-corrected chi connectivity index (χ1v) is 9.90. The lowest BCUT2D eigenvalue weighted by Crippen LogP contribution is -2.21. The Bertz CT molecular complexity index is 956. The predicted octanol–water partition coefficient (Wildman–Crippen LogP) is 4.20. The molecule has 2 aromatic heterocycles. The van der Waals surface area contributed by atoms with Crippen LogP contribution in [0.15, 0.2) is 30.3 Å². The van der Waals surface area contributed by atoms with E-state index >= 15 is 0 Å². The summed E-state index contributed by atoms with van der Waals surface area (Å²) < 4.78 is 6.19. The Morgan fingerprint density at radius 3 is 2.54 bits per heavy atom. The highest BCUT2D eigenvalue weighted by Gasteiger charge is 2.21. The highest BCUT2D eigenvalue weighted by molar-refractivity contribution is 5.77. The van der Waals surface area contributed by atoms with Crippen LogP contribution in [0.25, 0.3) is 11.2 Å². The van der Waals surface area contributed by atoms with E-state index in [2.05, 4.69) is 27.2 Å². The lowest BCUT2D eigenvalue weighted by molar-refractivity contribution is 0.150. The maximum atomic E-state index is 6.19. The minimum atomic E-state index is -0.0283. The van der Waals surface area contributed by atoms with Gasteiger partial charge in [-0.2, -0.15) is 9.97 Å². The number of nitrogens with zero attached hydrogens (tertiary/aromatic N) is 4. The van der Waals surface area contributed by atoms with Gasteiger partial charge < -0.3 is 15.8 Å². The van der Waals surface area contributed by atoms with Gasteiger partial charge in [0.2, 0.25) is 11.8 Å². The molecule has 7 nitrogen and oxygen atoms in total. The largest absolute Gasteiger partial charge is 0.473 e. The number of ether oxygens (including phenoxy) is 1. The normalized spacial score (nSPS) is 16.1. The standard InChI is InChI=1S/C21H26N6O/c1-13(23-15-9-5-3-6-10-15)17-14(2)24-19-18(25-17)20(27-21(22)26-19)28-16-11-7-4-8-12-16/h3,5-6,9-10,13,16,23H,4,7-8,11-12H2,1-2H3,(H2,22,24,26,27). The lowest BCUT2D eigenvalue weighted by atomic mass is 9.98. The van der Waals surface area contributed by atoms with E-state index < -0.39 is 0 Å². The molecule has 0 bridgehead atoms. The van der Waals surface area contributed by atoms with Crippen LogP contribution in [-0.2, 0) is 0 Å². The van der Waals surface area contributed by atoms with E-state index in [1.54, 1.807) is 0 Å². The Morgan fingerprint density at radius 2 is 1.79 bits per heavy atom. The average Bonchev–Trinajstić information content (AvgIpc) is 2.69. The van der Waals surface area contributed by atoms with Gasteiger partial charge in [-0.05, 0) is 51.7 Å². The second kappa shape index (κ2) is 7.96. The maximum absolute atomic E-state index is 6.19. The fourth-order valence-electron chi connectivity index (χ4n) is 3.72. The molecule has 0 radical (unpaired) electrons. The van der Waals surface area contributed by atoms with Gasteiger partial charge in [0.05, 0.1) is 17.4 Å². The average molecular weight is 378 g/mol. The topological polar surface area (TPSA) is 98.8 Å². The first-order valence-electron chi connectivity index (χ1n) is 9.90. The molecular weight excluding hydrogens is 352 g/mol. The molecule has 4 rings (SSSR count). The second-order valence-corrected chi connectivity index (χ2v) is 7.36. The third-order valence-corrected chi connectivity index (χ3v) is 5.13. The van der Waals surface area contributed by atoms with Gasteiger partial charge >= 0.3 is 0 Å². The van der Waals surface area contributed by atoms with E-state index in [1.807, 2.05) is 37.3 Å². The van der Waals surface area contributed by atoms with Crippen LogP contribution in [-0.4, -0.2) is 26.0 Å². The van der Waals surface area contributed by atoms with Gasteiger partial charge in [-0.1, -0.05) is 24.6 Å². The van der Waals surface area contributed by atoms with Crippen LogP contribution < -0.4 is 15.8 Å². The van der Waals surface area contributed by atoms with Gasteiger partial charge in [-0.15, -0.1) is 0 Å². The Balaban J connectivity index is 1.68. The summed E-state index contributed by atoms with van der Waals surface area (Å²) >= 11 is 0. The van der Waals surface area contributed by atoms with Crippen molar-refractivity contribution in [2.45, 2.75) is 58.1 Å². The second-order valence-electron chi connectivity index (χ2n) is 7.36. The summed E-state index contributed by atoms with van der Waals surface area (Å²) in [4.78, 5) is 18.1. The van der Waals surface area contributed by atoms with Crippen molar-refractivity contribution in [2.75, 3.05) is 11.1 Å². The molecule has 1 unspecified atom stereocenters. The van der Waals surface area contributed by atoms with Crippen molar-refractivity contribution in [1.29, 1.82) is 0 Å². The molecule has 0 saturated heterocycles. The van der Waals surface area contributed by atoms with E-state index in [-0.39, 0.29) is 18.1 Å². The zero-order valence-electron chi connectivity index (χ0n) is 16.4. The molecule has 1 fully saturated rings. The van der Waals surface area contributed by atoms with Crippen molar-refractivity contribution in [3.8, 4) is 5.88 Å². The number of benzene rings is 1. The summed E-state index contributed by atoms with van der Waals surface area (Å²) in [6.45, 7) is 4.00. The number of fused-ring (bicyclic) bond motifs is 1. The van der Waals surface area contributed by atoms with E-state index in [9.17, 15) is 0 Å². The van der Waals surface area contributed by atoms with Gasteiger partial charge in [0.1, 0.15) is 6.10 Å². The third kappa shape index (κ3) is 3.98. The fourth-order valence-corrected chi connectivity index (χ4v) is 3.72. The number of aryl methyl sites for hydroxylation is 1. The van der Waals surface area contributed by atoms with Crippen LogP contribution in [0.4, 0.5) is 11.6 Å². The molecule has 1 aliphatic carbocycles. The number of aromatic nitrogens is 4. The number of nitrogens with two attached hydrogens (primary N) is 1. The minimum Gasteiger partial charge on any atom is -0.473 e. The Hall–Kier alpha value is -2.96. The monoisotopic (exact) mass is 378 g/mol. The van der Waals surface area contributed by atoms with Crippen LogP contribution in [0.1, 0.15) is 56.5 Å². The molecule has 1 saturated carbocycles. The predicted molar refractivity (Wildman–Crippen MR) is 110 cm³/mol. The number of nitrogen functional groups attached to an aromatic ring is 1. The van der Waals surface area contributed by atoms with Gasteiger partial charge in [-0.3, -0.25) is 0 Å². The van der Waals surface area contributed by atoms with Crippen molar-refractivity contribution < 1.29 is 4.74 Å². The summed E-state index contributed by atoms with van der Waals surface area (Å²) in [6, 6.07) is 10.0. The summed E-state index contributed by atoms with van der Waals surface area (Å²) in [5, 5.41) is 3.47. The zero-order chi connectivity index (χ0) is 19.5. The molecule has 146 valence electrons. The smallest absolute Gasteiger partial charge is 0.247 e. The number of nitrogens with one attached hydrogen (secondary N) is 1. The van der Waals surface area contributed by atoms with E-state index in [4.69, 9.17) is 15.5 Å². The molecular formula is C21H26N6O. The molecule has 1 aromatic carbocycles. The maximum Gasteiger partial charge on any atom is 0.247 e. The number of rotatable bonds is 5. The van der Waals surface area contributed by atoms with Crippen molar-refractivity contribution >= 4 is 22.8 Å². The van der Waals surface area contributed by atoms with Crippen LogP contribution >= 0.6 is 0 Å². The lowest BCUT2D eigenvalue weighted by Gasteiger charge is -2.23. The van der Waals surface area contributed by atoms with Gasteiger partial charge in [0.15, 0.2) is 11.2 Å². The van der Waals surface area contributed by atoms with Crippen molar-refractivity contribution in [2.24, 2.45) is 0 Å². The van der Waals surface area contributed by atoms with E-state index in [0.717, 1.165) is 29.9 Å². The van der Waals surface area contributed by atoms with Crippen LogP contribution in [0.3, 0.4) is 0 Å². The van der Waals surface area contributed by atoms with Crippen molar-refractivity contribution in [3.63, 3.8) is 0 Å². The summed E-state index contributed by atoms with van der Waals surface area (Å²) in [5.41, 5.74) is 9.63. The minimum absolute atomic E-state index is 0.0283. The SMILES string of the molecule is Cc1nc2nc(N)nc(OC3CCCCC3)c2nc1C(C)Nc1ccccc1. The van der Waals surface area contributed by atoms with Crippen LogP contribution in [0.2, 0.25) is 0 Å². The van der Waals surface area contributed by atoms with Crippen LogP contribution in [0, 0.1) is 6.92 Å². The van der Waals surface area contributed by atoms with Gasteiger partial charge in [0.25, 0.3) is 0 Å². The van der Waals surface area contributed by atoms with E-state index in [0.29, 0.717) is 17.0 Å². The Labute approximate surface area is 164 Å². The van der Waals surface area contributed by atoms with Crippen LogP contribution in [0.5, 0.6) is 5.88 Å². The third-order valence-electron chi connectivity index (χ3n) is 5.13.